The molecule has 0 saturated carbocycles. The Morgan fingerprint density at radius 3 is 1.71 bits per heavy atom. The van der Waals surface area contributed by atoms with Crippen molar-refractivity contribution in [3.8, 4) is 0 Å². The fraction of sp³-hybridized carbons (Fsp3) is 0.250. The molecule has 134 valence electrons. The summed E-state index contributed by atoms with van der Waals surface area (Å²) in [5, 5.41) is 9.21. The average molecular weight is 370 g/mol. The van der Waals surface area contributed by atoms with E-state index in [1.807, 2.05) is 0 Å². The standard InChI is InChI=1S/C12H4F10O2/c13-7-1-4(8(23)3-9(24)12(20,21)22)5(10(14,15)16)2-6(7)11(17,18)19/h1-3,23H/b8-3-. The van der Waals surface area contributed by atoms with Crippen LogP contribution in [0.25, 0.3) is 5.76 Å². The minimum Gasteiger partial charge on any atom is -0.507 e. The first kappa shape index (κ1) is 19.8. The monoisotopic (exact) mass is 370 g/mol. The minimum atomic E-state index is -5.58. The second-order valence-electron chi connectivity index (χ2n) is 4.26. The largest absolute Gasteiger partial charge is 0.507 e. The number of rotatable bonds is 2. The summed E-state index contributed by atoms with van der Waals surface area (Å²) in [5.41, 5.74) is -6.35. The Morgan fingerprint density at radius 1 is 0.875 bits per heavy atom. The van der Waals surface area contributed by atoms with E-state index in [0.29, 0.717) is 0 Å². The summed E-state index contributed by atoms with van der Waals surface area (Å²) in [6, 6.07) is -1.17. The SMILES string of the molecule is O=C(/C=C(\O)c1cc(F)c(C(F)(F)F)cc1C(F)(F)F)C(F)(F)F. The zero-order valence-corrected chi connectivity index (χ0v) is 10.9. The van der Waals surface area contributed by atoms with Crippen molar-refractivity contribution in [1.82, 2.24) is 0 Å². The molecule has 0 amide bonds. The van der Waals surface area contributed by atoms with Crippen molar-refractivity contribution in [2.75, 3.05) is 0 Å². The molecule has 2 nitrogen and oxygen atoms in total. The number of benzene rings is 1. The lowest BCUT2D eigenvalue weighted by molar-refractivity contribution is -0.165. The van der Waals surface area contributed by atoms with E-state index >= 15 is 0 Å². The van der Waals surface area contributed by atoms with Gasteiger partial charge in [0.25, 0.3) is 5.78 Å². The summed E-state index contributed by atoms with van der Waals surface area (Å²) in [5.74, 6) is -7.05. The highest BCUT2D eigenvalue weighted by molar-refractivity contribution is 5.99. The van der Waals surface area contributed by atoms with Crippen LogP contribution in [-0.2, 0) is 17.1 Å². The van der Waals surface area contributed by atoms with E-state index in [2.05, 4.69) is 0 Å². The van der Waals surface area contributed by atoms with Gasteiger partial charge in [0.2, 0.25) is 0 Å². The van der Waals surface area contributed by atoms with Gasteiger partial charge in [0.05, 0.1) is 11.1 Å². The first-order valence-corrected chi connectivity index (χ1v) is 5.55. The van der Waals surface area contributed by atoms with Crippen LogP contribution in [0.5, 0.6) is 0 Å². The molecule has 0 saturated heterocycles. The third-order valence-corrected chi connectivity index (χ3v) is 2.54. The molecule has 12 heteroatoms. The van der Waals surface area contributed by atoms with Crippen LogP contribution in [0.2, 0.25) is 0 Å². The van der Waals surface area contributed by atoms with Crippen LogP contribution in [-0.4, -0.2) is 17.1 Å². The summed E-state index contributed by atoms with van der Waals surface area (Å²) in [6.45, 7) is 0. The minimum absolute atomic E-state index is 0.457. The summed E-state index contributed by atoms with van der Waals surface area (Å²) in [4.78, 5) is 10.6. The molecule has 0 aliphatic rings. The first-order chi connectivity index (χ1) is 10.5. The maximum Gasteiger partial charge on any atom is 0.454 e. The van der Waals surface area contributed by atoms with E-state index in [9.17, 15) is 53.8 Å². The molecule has 24 heavy (non-hydrogen) atoms. The van der Waals surface area contributed by atoms with Gasteiger partial charge in [-0.1, -0.05) is 0 Å². The number of alkyl halides is 9. The van der Waals surface area contributed by atoms with E-state index in [4.69, 9.17) is 0 Å². The van der Waals surface area contributed by atoms with Gasteiger partial charge >= 0.3 is 18.5 Å². The lowest BCUT2D eigenvalue weighted by atomic mass is 10.00. The van der Waals surface area contributed by atoms with Gasteiger partial charge in [-0.2, -0.15) is 39.5 Å². The second-order valence-corrected chi connectivity index (χ2v) is 4.26. The predicted octanol–water partition coefficient (Wildman–Crippen LogP) is 4.89. The van der Waals surface area contributed by atoms with Gasteiger partial charge in [-0.3, -0.25) is 4.79 Å². The summed E-state index contributed by atoms with van der Waals surface area (Å²) in [6.07, 6.45) is -17.4. The van der Waals surface area contributed by atoms with Gasteiger partial charge in [0.1, 0.15) is 11.6 Å². The van der Waals surface area contributed by atoms with Crippen molar-refractivity contribution in [3.05, 3.63) is 40.7 Å². The average Bonchev–Trinajstić information content (AvgIpc) is 2.33. The van der Waals surface area contributed by atoms with Crippen molar-refractivity contribution in [3.63, 3.8) is 0 Å². The smallest absolute Gasteiger partial charge is 0.454 e. The summed E-state index contributed by atoms with van der Waals surface area (Å²) in [7, 11) is 0. The second kappa shape index (κ2) is 5.98. The fourth-order valence-corrected chi connectivity index (χ4v) is 1.52. The number of allylic oxidation sites excluding steroid dienone is 1. The molecule has 0 aliphatic heterocycles. The van der Waals surface area contributed by atoms with Crippen molar-refractivity contribution >= 4 is 11.5 Å². The highest BCUT2D eigenvalue weighted by Gasteiger charge is 2.42. The molecule has 1 N–H and O–H groups in total. The number of hydrogen-bond acceptors (Lipinski definition) is 2. The normalized spacial score (nSPS) is 14.0. The Kier molecular flexibility index (Phi) is 4.93. The molecule has 0 bridgehead atoms. The molecule has 0 atom stereocenters. The molecule has 0 aliphatic carbocycles. The molecule has 0 spiro atoms. The van der Waals surface area contributed by atoms with Crippen LogP contribution >= 0.6 is 0 Å². The van der Waals surface area contributed by atoms with Crippen molar-refractivity contribution < 1.29 is 53.8 Å². The maximum absolute atomic E-state index is 13.3. The van der Waals surface area contributed by atoms with E-state index in [-0.39, 0.29) is 0 Å². The summed E-state index contributed by atoms with van der Waals surface area (Å²) >= 11 is 0. The molecule has 0 aromatic heterocycles. The molecule has 0 heterocycles. The van der Waals surface area contributed by atoms with Gasteiger partial charge in [-0.15, -0.1) is 0 Å². The number of ketones is 1. The topological polar surface area (TPSA) is 37.3 Å². The highest BCUT2D eigenvalue weighted by Crippen LogP contribution is 2.40. The van der Waals surface area contributed by atoms with Gasteiger partial charge in [-0.25, -0.2) is 4.39 Å². The third-order valence-electron chi connectivity index (χ3n) is 2.54. The van der Waals surface area contributed by atoms with Crippen molar-refractivity contribution in [2.24, 2.45) is 0 Å². The maximum atomic E-state index is 13.3. The molecule has 1 aromatic carbocycles. The number of aliphatic hydroxyl groups is 1. The van der Waals surface area contributed by atoms with Crippen LogP contribution < -0.4 is 0 Å². The Balaban J connectivity index is 3.62. The number of hydrogen-bond donors (Lipinski definition) is 1. The van der Waals surface area contributed by atoms with Crippen LogP contribution in [0.15, 0.2) is 18.2 Å². The number of carbonyl (C=O) groups excluding carboxylic acids is 1. The zero-order chi connectivity index (χ0) is 19.1. The first-order valence-electron chi connectivity index (χ1n) is 5.55. The highest BCUT2D eigenvalue weighted by atomic mass is 19.4. The van der Waals surface area contributed by atoms with Crippen molar-refractivity contribution in [1.29, 1.82) is 0 Å². The Morgan fingerprint density at radius 2 is 1.33 bits per heavy atom. The van der Waals surface area contributed by atoms with Crippen LogP contribution in [0.4, 0.5) is 43.9 Å². The Hall–Kier alpha value is -2.27. The molecular formula is C12H4F10O2. The molecule has 1 rings (SSSR count). The number of halogens is 10. The number of carbonyl (C=O) groups is 1. The molecule has 0 radical (unpaired) electrons. The lowest BCUT2D eigenvalue weighted by Gasteiger charge is -2.16. The van der Waals surface area contributed by atoms with Gasteiger partial charge < -0.3 is 5.11 Å². The van der Waals surface area contributed by atoms with Gasteiger partial charge in [0, 0.05) is 11.6 Å². The van der Waals surface area contributed by atoms with E-state index in [1.165, 1.54) is 0 Å². The third kappa shape index (κ3) is 4.38. The van der Waals surface area contributed by atoms with Gasteiger partial charge in [0.15, 0.2) is 0 Å². The number of aliphatic hydroxyl groups excluding tert-OH is 1. The quantitative estimate of drug-likeness (QED) is 0.457. The van der Waals surface area contributed by atoms with Crippen LogP contribution in [0.1, 0.15) is 16.7 Å². The predicted molar refractivity (Wildman–Crippen MR) is 58.1 cm³/mol. The Bertz CT molecular complexity index is 679. The van der Waals surface area contributed by atoms with E-state index < -0.39 is 70.8 Å². The van der Waals surface area contributed by atoms with Crippen molar-refractivity contribution in [2.45, 2.75) is 18.5 Å². The van der Waals surface area contributed by atoms with E-state index in [1.54, 1.807) is 0 Å². The molecule has 0 fully saturated rings. The fourth-order valence-electron chi connectivity index (χ4n) is 1.52. The molecular weight excluding hydrogens is 366 g/mol. The zero-order valence-electron chi connectivity index (χ0n) is 10.9. The Labute approximate surface area is 126 Å². The van der Waals surface area contributed by atoms with Crippen LogP contribution in [0, 0.1) is 5.82 Å². The van der Waals surface area contributed by atoms with Crippen LogP contribution in [0.3, 0.4) is 0 Å². The molecule has 0 unspecified atom stereocenters. The molecule has 1 aromatic rings. The lowest BCUT2D eigenvalue weighted by Crippen LogP contribution is -2.21. The van der Waals surface area contributed by atoms with E-state index in [0.717, 1.165) is 0 Å². The summed E-state index contributed by atoms with van der Waals surface area (Å²) < 4.78 is 125. The van der Waals surface area contributed by atoms with Gasteiger partial charge in [-0.05, 0) is 12.1 Å².